The van der Waals surface area contributed by atoms with E-state index < -0.39 is 0 Å². The summed E-state index contributed by atoms with van der Waals surface area (Å²) in [6.07, 6.45) is 0.724. The number of carbonyl (C=O) groups excluding carboxylic acids is 1. The van der Waals surface area contributed by atoms with Crippen molar-refractivity contribution < 1.29 is 4.79 Å². The lowest BCUT2D eigenvalue weighted by molar-refractivity contribution is 0.103. The smallest absolute Gasteiger partial charge is 0.267 e. The molecule has 0 bridgehead atoms. The van der Waals surface area contributed by atoms with E-state index in [1.165, 1.54) is 33.8 Å². The Labute approximate surface area is 159 Å². The van der Waals surface area contributed by atoms with Gasteiger partial charge >= 0.3 is 0 Å². The van der Waals surface area contributed by atoms with Crippen LogP contribution in [0.4, 0.5) is 5.13 Å². The van der Waals surface area contributed by atoms with Gasteiger partial charge in [0.15, 0.2) is 0 Å². The van der Waals surface area contributed by atoms with Crippen molar-refractivity contribution in [3.8, 4) is 0 Å². The fourth-order valence-electron chi connectivity index (χ4n) is 2.87. The number of benzene rings is 2. The van der Waals surface area contributed by atoms with E-state index in [0.29, 0.717) is 5.13 Å². The van der Waals surface area contributed by atoms with E-state index in [0.717, 1.165) is 32.0 Å². The molecule has 0 spiro atoms. The highest BCUT2D eigenvalue weighted by atomic mass is 32.1. The third-order valence-corrected chi connectivity index (χ3v) is 6.12. The first-order chi connectivity index (χ1) is 12.6. The Morgan fingerprint density at radius 3 is 2.50 bits per heavy atom. The van der Waals surface area contributed by atoms with E-state index in [2.05, 4.69) is 58.8 Å². The van der Waals surface area contributed by atoms with Crippen LogP contribution in [0.1, 0.15) is 31.4 Å². The number of amides is 1. The van der Waals surface area contributed by atoms with Crippen LogP contribution in [0.3, 0.4) is 0 Å². The van der Waals surface area contributed by atoms with Crippen molar-refractivity contribution in [3.63, 3.8) is 0 Å². The molecule has 0 aliphatic heterocycles. The Morgan fingerprint density at radius 1 is 1.00 bits per heavy atom. The van der Waals surface area contributed by atoms with E-state index in [-0.39, 0.29) is 5.91 Å². The Hall–Kier alpha value is -2.57. The largest absolute Gasteiger partial charge is 0.296 e. The van der Waals surface area contributed by atoms with Crippen molar-refractivity contribution >= 4 is 43.8 Å². The molecule has 2 aromatic carbocycles. The number of thiophene rings is 1. The number of hydrogen-bond donors (Lipinski definition) is 1. The van der Waals surface area contributed by atoms with Crippen molar-refractivity contribution in [1.29, 1.82) is 0 Å². The van der Waals surface area contributed by atoms with E-state index >= 15 is 0 Å². The van der Waals surface area contributed by atoms with Crippen LogP contribution in [0.25, 0.3) is 10.1 Å². The van der Waals surface area contributed by atoms with Crippen LogP contribution in [-0.4, -0.2) is 16.1 Å². The molecule has 0 fully saturated rings. The Balaban J connectivity index is 1.73. The molecule has 130 valence electrons. The van der Waals surface area contributed by atoms with Crippen LogP contribution in [0.15, 0.2) is 48.5 Å². The van der Waals surface area contributed by atoms with Crippen LogP contribution in [0.5, 0.6) is 0 Å². The van der Waals surface area contributed by atoms with Gasteiger partial charge in [0.1, 0.15) is 5.01 Å². The number of anilines is 1. The highest BCUT2D eigenvalue weighted by Crippen LogP contribution is 2.33. The van der Waals surface area contributed by atoms with Crippen LogP contribution in [-0.2, 0) is 6.42 Å². The molecule has 26 heavy (non-hydrogen) atoms. The molecule has 0 unspecified atom stereocenters. The minimum atomic E-state index is -0.121. The van der Waals surface area contributed by atoms with Gasteiger partial charge in [-0.15, -0.1) is 21.5 Å². The number of fused-ring (bicyclic) bond motifs is 1. The summed E-state index contributed by atoms with van der Waals surface area (Å²) in [5.41, 5.74) is 3.49. The topological polar surface area (TPSA) is 54.9 Å². The highest BCUT2D eigenvalue weighted by molar-refractivity contribution is 7.21. The average Bonchev–Trinajstić information content (AvgIpc) is 3.21. The summed E-state index contributed by atoms with van der Waals surface area (Å²) in [6, 6.07) is 16.6. The van der Waals surface area contributed by atoms with Gasteiger partial charge in [-0.25, -0.2) is 0 Å². The van der Waals surface area contributed by atoms with Gasteiger partial charge in [0.2, 0.25) is 5.13 Å². The van der Waals surface area contributed by atoms with Crippen molar-refractivity contribution in [1.82, 2.24) is 10.2 Å². The van der Waals surface area contributed by atoms with Gasteiger partial charge < -0.3 is 0 Å². The molecule has 0 aliphatic carbocycles. The van der Waals surface area contributed by atoms with Gasteiger partial charge in [0.25, 0.3) is 5.91 Å². The Kier molecular flexibility index (Phi) is 4.53. The average molecular weight is 380 g/mol. The zero-order valence-electron chi connectivity index (χ0n) is 14.4. The molecule has 2 heterocycles. The molecule has 1 amide bonds. The summed E-state index contributed by atoms with van der Waals surface area (Å²) < 4.78 is 1.12. The van der Waals surface area contributed by atoms with Crippen LogP contribution in [0, 0.1) is 13.8 Å². The van der Waals surface area contributed by atoms with Crippen molar-refractivity contribution in [2.45, 2.75) is 20.3 Å². The second kappa shape index (κ2) is 6.97. The van der Waals surface area contributed by atoms with Crippen molar-refractivity contribution in [2.75, 3.05) is 5.32 Å². The molecule has 0 saturated heterocycles. The van der Waals surface area contributed by atoms with E-state index in [9.17, 15) is 4.79 Å². The van der Waals surface area contributed by atoms with E-state index in [1.54, 1.807) is 0 Å². The summed E-state index contributed by atoms with van der Waals surface area (Å²) >= 11 is 2.90. The van der Waals surface area contributed by atoms with Crippen molar-refractivity contribution in [2.24, 2.45) is 0 Å². The first-order valence-corrected chi connectivity index (χ1v) is 9.91. The first-order valence-electron chi connectivity index (χ1n) is 8.27. The summed E-state index contributed by atoms with van der Waals surface area (Å²) in [4.78, 5) is 13.6. The molecule has 1 N–H and O–H groups in total. The van der Waals surface area contributed by atoms with Gasteiger partial charge in [0.05, 0.1) is 4.88 Å². The zero-order valence-corrected chi connectivity index (χ0v) is 16.1. The molecule has 2 aromatic heterocycles. The van der Waals surface area contributed by atoms with Crippen LogP contribution < -0.4 is 5.32 Å². The molecule has 0 atom stereocenters. The van der Waals surface area contributed by atoms with E-state index in [1.807, 2.05) is 19.1 Å². The molecule has 0 aliphatic rings. The predicted molar refractivity (Wildman–Crippen MR) is 108 cm³/mol. The molecule has 0 saturated carbocycles. The first kappa shape index (κ1) is 16.9. The fourth-order valence-corrected chi connectivity index (χ4v) is 4.57. The van der Waals surface area contributed by atoms with Crippen LogP contribution >= 0.6 is 22.7 Å². The lowest BCUT2D eigenvalue weighted by Gasteiger charge is -2.06. The summed E-state index contributed by atoms with van der Waals surface area (Å²) in [5, 5.41) is 13.4. The highest BCUT2D eigenvalue weighted by Gasteiger charge is 2.19. The molecule has 6 heteroatoms. The minimum absolute atomic E-state index is 0.121. The summed E-state index contributed by atoms with van der Waals surface area (Å²) in [5.74, 6) is -0.121. The number of aromatic nitrogens is 2. The zero-order chi connectivity index (χ0) is 18.1. The maximum Gasteiger partial charge on any atom is 0.267 e. The third kappa shape index (κ3) is 3.38. The Bertz CT molecular complexity index is 1080. The lowest BCUT2D eigenvalue weighted by atomic mass is 10.0. The second-order valence-electron chi connectivity index (χ2n) is 6.15. The third-order valence-electron chi connectivity index (χ3n) is 4.15. The van der Waals surface area contributed by atoms with E-state index in [4.69, 9.17) is 0 Å². The number of carbonyl (C=O) groups is 1. The maximum absolute atomic E-state index is 12.9. The summed E-state index contributed by atoms with van der Waals surface area (Å²) in [6.45, 7) is 3.95. The quantitative estimate of drug-likeness (QED) is 0.529. The van der Waals surface area contributed by atoms with Gasteiger partial charge in [-0.1, -0.05) is 59.4 Å². The predicted octanol–water partition coefficient (Wildman–Crippen LogP) is 5.21. The van der Waals surface area contributed by atoms with Crippen LogP contribution in [0.2, 0.25) is 0 Å². The molecular weight excluding hydrogens is 362 g/mol. The Morgan fingerprint density at radius 2 is 1.77 bits per heavy atom. The fraction of sp³-hybridized carbons (Fsp3) is 0.150. The molecule has 4 rings (SSSR count). The molecular formula is C20H17N3OS2. The standard InChI is InChI=1S/C20H17N3OS2/c1-12-7-9-14(10-8-12)11-16-15-5-3-4-6-17(15)26-18(16)19(24)21-20-23-22-13(2)25-20/h3-10H,11H2,1-2H3,(H,21,23,24). The number of rotatable bonds is 4. The number of aryl methyl sites for hydroxylation is 2. The van der Waals surface area contributed by atoms with Gasteiger partial charge in [-0.3, -0.25) is 10.1 Å². The molecule has 4 nitrogen and oxygen atoms in total. The van der Waals surface area contributed by atoms with Gasteiger partial charge in [0, 0.05) is 4.70 Å². The normalized spacial score (nSPS) is 11.0. The number of hydrogen-bond acceptors (Lipinski definition) is 5. The number of nitrogens with zero attached hydrogens (tertiary/aromatic N) is 2. The van der Waals surface area contributed by atoms with Crippen molar-refractivity contribution in [3.05, 3.63) is 75.1 Å². The summed E-state index contributed by atoms with van der Waals surface area (Å²) in [7, 11) is 0. The number of nitrogens with one attached hydrogen (secondary N) is 1. The van der Waals surface area contributed by atoms with Gasteiger partial charge in [-0.2, -0.15) is 0 Å². The van der Waals surface area contributed by atoms with Gasteiger partial charge in [-0.05, 0) is 42.8 Å². The molecule has 4 aromatic rings. The monoisotopic (exact) mass is 379 g/mol. The lowest BCUT2D eigenvalue weighted by Crippen LogP contribution is -2.12. The maximum atomic E-state index is 12.9. The second-order valence-corrected chi connectivity index (χ2v) is 8.38. The molecule has 0 radical (unpaired) electrons. The SMILES string of the molecule is Cc1ccc(Cc2c(C(=O)Nc3nnc(C)s3)sc3ccccc23)cc1. The minimum Gasteiger partial charge on any atom is -0.296 e.